The van der Waals surface area contributed by atoms with Gasteiger partial charge in [-0.3, -0.25) is 4.79 Å². The van der Waals surface area contributed by atoms with Gasteiger partial charge in [-0.2, -0.15) is 0 Å². The van der Waals surface area contributed by atoms with E-state index in [0.29, 0.717) is 6.42 Å². The second-order valence-corrected chi connectivity index (χ2v) is 5.65. The van der Waals surface area contributed by atoms with Crippen LogP contribution >= 0.6 is 11.3 Å². The number of aromatic carboxylic acids is 1. The molecule has 0 radical (unpaired) electrons. The molecule has 5 nitrogen and oxygen atoms in total. The van der Waals surface area contributed by atoms with E-state index in [9.17, 15) is 14.0 Å². The van der Waals surface area contributed by atoms with Crippen LogP contribution in [0.2, 0.25) is 0 Å². The summed E-state index contributed by atoms with van der Waals surface area (Å²) in [6.45, 7) is 3.75. The van der Waals surface area contributed by atoms with E-state index in [2.05, 4.69) is 10.3 Å². The van der Waals surface area contributed by atoms with E-state index in [1.807, 2.05) is 19.2 Å². The summed E-state index contributed by atoms with van der Waals surface area (Å²) in [7, 11) is 0. The number of amides is 1. The summed E-state index contributed by atoms with van der Waals surface area (Å²) in [6, 6.07) is 2.92. The van der Waals surface area contributed by atoms with Crippen LogP contribution in [0.3, 0.4) is 0 Å². The number of carboxylic acids is 1. The number of benzene rings is 1. The lowest BCUT2D eigenvalue weighted by atomic mass is 10.1. The van der Waals surface area contributed by atoms with Crippen molar-refractivity contribution in [2.45, 2.75) is 26.3 Å². The fourth-order valence-corrected chi connectivity index (χ4v) is 2.87. The molecule has 0 aliphatic rings. The molecule has 0 aliphatic carbocycles. The number of carboxylic acid groups (broad SMARTS) is 1. The molecule has 22 heavy (non-hydrogen) atoms. The van der Waals surface area contributed by atoms with Crippen molar-refractivity contribution in [3.05, 3.63) is 51.2 Å². The molecular formula is C15H15FN2O3S. The summed E-state index contributed by atoms with van der Waals surface area (Å²) < 4.78 is 13.9. The molecule has 1 heterocycles. The number of hydrogen-bond donors (Lipinski definition) is 2. The molecule has 1 aromatic carbocycles. The van der Waals surface area contributed by atoms with Crippen LogP contribution in [-0.4, -0.2) is 22.0 Å². The number of nitrogens with zero attached hydrogens (tertiary/aromatic N) is 1. The third-order valence-electron chi connectivity index (χ3n) is 3.11. The number of hydrogen-bond acceptors (Lipinski definition) is 4. The average molecular weight is 322 g/mol. The molecule has 1 atom stereocenters. The fourth-order valence-electron chi connectivity index (χ4n) is 1.94. The first-order chi connectivity index (χ1) is 10.4. The lowest BCUT2D eigenvalue weighted by Gasteiger charge is -2.15. The second-order valence-electron chi connectivity index (χ2n) is 4.76. The van der Waals surface area contributed by atoms with Crippen molar-refractivity contribution in [2.75, 3.05) is 0 Å². The van der Waals surface area contributed by atoms with Crippen molar-refractivity contribution >= 4 is 23.2 Å². The van der Waals surface area contributed by atoms with Crippen LogP contribution < -0.4 is 5.32 Å². The van der Waals surface area contributed by atoms with Gasteiger partial charge in [-0.05, 0) is 31.5 Å². The van der Waals surface area contributed by atoms with Gasteiger partial charge in [-0.15, -0.1) is 11.3 Å². The highest BCUT2D eigenvalue weighted by molar-refractivity contribution is 7.09. The first-order valence-corrected chi connectivity index (χ1v) is 7.56. The Morgan fingerprint density at radius 1 is 1.45 bits per heavy atom. The summed E-state index contributed by atoms with van der Waals surface area (Å²) in [6.07, 6.45) is 0.619. The van der Waals surface area contributed by atoms with Crippen LogP contribution in [-0.2, 0) is 0 Å². The molecule has 0 saturated carbocycles. The highest BCUT2D eigenvalue weighted by Gasteiger charge is 2.20. The molecule has 2 rings (SSSR count). The number of thiazole rings is 1. The number of carbonyl (C=O) groups excluding carboxylic acids is 1. The van der Waals surface area contributed by atoms with Crippen molar-refractivity contribution in [1.29, 1.82) is 0 Å². The van der Waals surface area contributed by atoms with Gasteiger partial charge in [0.05, 0.1) is 17.2 Å². The minimum atomic E-state index is -1.24. The van der Waals surface area contributed by atoms with Crippen molar-refractivity contribution in [3.63, 3.8) is 0 Å². The highest BCUT2D eigenvalue weighted by atomic mass is 32.1. The minimum absolute atomic E-state index is 0.184. The molecule has 1 unspecified atom stereocenters. The zero-order valence-corrected chi connectivity index (χ0v) is 12.9. The summed E-state index contributed by atoms with van der Waals surface area (Å²) in [4.78, 5) is 27.3. The Labute approximate surface area is 130 Å². The van der Waals surface area contributed by atoms with Gasteiger partial charge >= 0.3 is 5.97 Å². The van der Waals surface area contributed by atoms with Gasteiger partial charge in [-0.1, -0.05) is 6.92 Å². The average Bonchev–Trinajstić information content (AvgIpc) is 2.90. The lowest BCUT2D eigenvalue weighted by Crippen LogP contribution is -2.29. The van der Waals surface area contributed by atoms with E-state index in [1.54, 1.807) is 0 Å². The van der Waals surface area contributed by atoms with Crippen LogP contribution in [0.1, 0.15) is 50.8 Å². The fraction of sp³-hybridized carbons (Fsp3) is 0.267. The zero-order chi connectivity index (χ0) is 16.3. The molecule has 2 aromatic rings. The van der Waals surface area contributed by atoms with Crippen molar-refractivity contribution < 1.29 is 19.1 Å². The van der Waals surface area contributed by atoms with Crippen LogP contribution in [0.25, 0.3) is 0 Å². The van der Waals surface area contributed by atoms with Crippen molar-refractivity contribution in [1.82, 2.24) is 10.3 Å². The zero-order valence-electron chi connectivity index (χ0n) is 12.1. The Bertz CT molecular complexity index is 715. The van der Waals surface area contributed by atoms with E-state index in [1.165, 1.54) is 23.5 Å². The van der Waals surface area contributed by atoms with Gasteiger partial charge in [0.1, 0.15) is 10.8 Å². The molecule has 0 bridgehead atoms. The van der Waals surface area contributed by atoms with Crippen molar-refractivity contribution in [3.8, 4) is 0 Å². The highest BCUT2D eigenvalue weighted by Crippen LogP contribution is 2.22. The molecule has 0 fully saturated rings. The van der Waals surface area contributed by atoms with Crippen LogP contribution in [0.4, 0.5) is 4.39 Å². The topological polar surface area (TPSA) is 79.3 Å². The second kappa shape index (κ2) is 6.65. The summed E-state index contributed by atoms with van der Waals surface area (Å²) in [5, 5.41) is 14.2. The quantitative estimate of drug-likeness (QED) is 0.886. The lowest BCUT2D eigenvalue weighted by molar-refractivity contribution is 0.0695. The maximum absolute atomic E-state index is 13.9. The number of aryl methyl sites for hydroxylation is 1. The van der Waals surface area contributed by atoms with E-state index < -0.39 is 17.7 Å². The first kappa shape index (κ1) is 16.1. The standard InChI is InChI=1S/C15H15FN2O3S/c1-3-12(14-17-8(2)7-22-14)18-13(19)10-5-4-9(15(20)21)6-11(10)16/h4-7,12H,3H2,1-2H3,(H,18,19)(H,20,21). The van der Waals surface area contributed by atoms with E-state index in [0.717, 1.165) is 16.8 Å². The van der Waals surface area contributed by atoms with Gasteiger partial charge < -0.3 is 10.4 Å². The minimum Gasteiger partial charge on any atom is -0.478 e. The molecule has 0 aliphatic heterocycles. The third-order valence-corrected chi connectivity index (χ3v) is 4.19. The third kappa shape index (κ3) is 3.48. The Morgan fingerprint density at radius 3 is 2.68 bits per heavy atom. The number of rotatable bonds is 5. The molecule has 7 heteroatoms. The molecule has 116 valence electrons. The van der Waals surface area contributed by atoms with Gasteiger partial charge in [0.2, 0.25) is 0 Å². The first-order valence-electron chi connectivity index (χ1n) is 6.68. The van der Waals surface area contributed by atoms with Crippen LogP contribution in [0.15, 0.2) is 23.6 Å². The van der Waals surface area contributed by atoms with Crippen LogP contribution in [0.5, 0.6) is 0 Å². The predicted molar refractivity (Wildman–Crippen MR) is 80.7 cm³/mol. The van der Waals surface area contributed by atoms with E-state index in [4.69, 9.17) is 5.11 Å². The maximum Gasteiger partial charge on any atom is 0.335 e. The Morgan fingerprint density at radius 2 is 2.18 bits per heavy atom. The number of nitrogens with one attached hydrogen (secondary N) is 1. The molecule has 0 saturated heterocycles. The molecule has 0 spiro atoms. The maximum atomic E-state index is 13.9. The Hall–Kier alpha value is -2.28. The monoisotopic (exact) mass is 322 g/mol. The van der Waals surface area contributed by atoms with E-state index in [-0.39, 0.29) is 17.2 Å². The molecule has 1 aromatic heterocycles. The SMILES string of the molecule is CCC(NC(=O)c1ccc(C(=O)O)cc1F)c1nc(C)cs1. The summed E-state index contributed by atoms with van der Waals surface area (Å²) in [5.74, 6) is -2.69. The molecule has 1 amide bonds. The predicted octanol–water partition coefficient (Wildman–Crippen LogP) is 3.17. The summed E-state index contributed by atoms with van der Waals surface area (Å²) in [5.41, 5.74) is 0.484. The molecular weight excluding hydrogens is 307 g/mol. The van der Waals surface area contributed by atoms with Gasteiger partial charge in [0.15, 0.2) is 0 Å². The number of halogens is 1. The largest absolute Gasteiger partial charge is 0.478 e. The van der Waals surface area contributed by atoms with Gasteiger partial charge in [0.25, 0.3) is 5.91 Å². The normalized spacial score (nSPS) is 12.0. The Kier molecular flexibility index (Phi) is 4.87. The summed E-state index contributed by atoms with van der Waals surface area (Å²) >= 11 is 1.43. The van der Waals surface area contributed by atoms with Crippen molar-refractivity contribution in [2.24, 2.45) is 0 Å². The van der Waals surface area contributed by atoms with Crippen LogP contribution in [0, 0.1) is 12.7 Å². The Balaban J connectivity index is 2.19. The van der Waals surface area contributed by atoms with Gasteiger partial charge in [0, 0.05) is 11.1 Å². The molecule has 2 N–H and O–H groups in total. The number of carbonyl (C=O) groups is 2. The number of aromatic nitrogens is 1. The van der Waals surface area contributed by atoms with E-state index >= 15 is 0 Å². The van der Waals surface area contributed by atoms with Gasteiger partial charge in [-0.25, -0.2) is 14.2 Å². The smallest absolute Gasteiger partial charge is 0.335 e.